The Labute approximate surface area is 192 Å². The molecule has 0 unspecified atom stereocenters. The van der Waals surface area contributed by atoms with Gasteiger partial charge in [-0.15, -0.1) is 0 Å². The van der Waals surface area contributed by atoms with Gasteiger partial charge in [0.25, 0.3) is 0 Å². The van der Waals surface area contributed by atoms with Crippen molar-refractivity contribution >= 4 is 23.9 Å². The first-order chi connectivity index (χ1) is 15.3. The monoisotopic (exact) mass is 458 g/mol. The van der Waals surface area contributed by atoms with Gasteiger partial charge in [0.1, 0.15) is 0 Å². The Balaban J connectivity index is 5.47. The van der Waals surface area contributed by atoms with Gasteiger partial charge in [-0.3, -0.25) is 14.4 Å². The van der Waals surface area contributed by atoms with Crippen LogP contribution in [0.5, 0.6) is 0 Å². The number of hydrogen-bond acceptors (Lipinski definition) is 8. The molecule has 0 radical (unpaired) electrons. The van der Waals surface area contributed by atoms with E-state index in [0.717, 1.165) is 38.5 Å². The molecule has 0 amide bonds. The second-order valence-electron chi connectivity index (χ2n) is 7.87. The SMILES string of the molecule is CCCCCOC(=O)CC(CC(=O)OCCCCC)(OC(=O)CC)C(=O)OCCCCC. The van der Waals surface area contributed by atoms with Gasteiger partial charge in [0.2, 0.25) is 5.60 Å². The lowest BCUT2D eigenvalue weighted by atomic mass is 9.94. The van der Waals surface area contributed by atoms with Crippen molar-refractivity contribution in [1.29, 1.82) is 0 Å². The number of rotatable bonds is 19. The third-order valence-corrected chi connectivity index (χ3v) is 4.83. The Bertz CT molecular complexity index is 532. The van der Waals surface area contributed by atoms with E-state index in [0.29, 0.717) is 19.3 Å². The fourth-order valence-corrected chi connectivity index (χ4v) is 2.90. The zero-order valence-corrected chi connectivity index (χ0v) is 20.4. The van der Waals surface area contributed by atoms with Crippen molar-refractivity contribution in [3.05, 3.63) is 0 Å². The van der Waals surface area contributed by atoms with Gasteiger partial charge in [0.15, 0.2) is 0 Å². The molecular weight excluding hydrogens is 416 g/mol. The molecule has 8 nitrogen and oxygen atoms in total. The first-order valence-electron chi connectivity index (χ1n) is 12.0. The maximum absolute atomic E-state index is 13.0. The zero-order valence-electron chi connectivity index (χ0n) is 20.4. The molecule has 0 rings (SSSR count). The summed E-state index contributed by atoms with van der Waals surface area (Å²) in [5, 5.41) is 0. The lowest BCUT2D eigenvalue weighted by Crippen LogP contribution is -2.48. The van der Waals surface area contributed by atoms with Crippen LogP contribution in [0.1, 0.15) is 105 Å². The summed E-state index contributed by atoms with van der Waals surface area (Å²) in [5.74, 6) is -3.09. The Morgan fingerprint density at radius 2 is 0.969 bits per heavy atom. The molecule has 0 spiro atoms. The summed E-state index contributed by atoms with van der Waals surface area (Å²) in [5.41, 5.74) is -2.09. The van der Waals surface area contributed by atoms with E-state index < -0.39 is 42.3 Å². The second-order valence-corrected chi connectivity index (χ2v) is 7.87. The molecule has 186 valence electrons. The van der Waals surface area contributed by atoms with Gasteiger partial charge in [0, 0.05) is 6.42 Å². The fraction of sp³-hybridized carbons (Fsp3) is 0.833. The van der Waals surface area contributed by atoms with E-state index in [9.17, 15) is 19.2 Å². The van der Waals surface area contributed by atoms with Crippen LogP contribution >= 0.6 is 0 Å². The molecule has 0 atom stereocenters. The van der Waals surface area contributed by atoms with Gasteiger partial charge in [0.05, 0.1) is 32.7 Å². The second kappa shape index (κ2) is 18.5. The summed E-state index contributed by atoms with van der Waals surface area (Å²) in [6, 6.07) is 0. The number of ether oxygens (including phenoxy) is 4. The highest BCUT2D eigenvalue weighted by molar-refractivity contribution is 5.92. The summed E-state index contributed by atoms with van der Waals surface area (Å²) < 4.78 is 21.1. The van der Waals surface area contributed by atoms with Crippen molar-refractivity contribution in [3.63, 3.8) is 0 Å². The molecule has 0 aliphatic rings. The molecule has 0 saturated carbocycles. The molecule has 0 bridgehead atoms. The summed E-state index contributed by atoms with van der Waals surface area (Å²) in [6.45, 7) is 8.11. The molecule has 0 N–H and O–H groups in total. The minimum atomic E-state index is -2.09. The Morgan fingerprint density at radius 1 is 0.562 bits per heavy atom. The lowest BCUT2D eigenvalue weighted by Gasteiger charge is -2.29. The Morgan fingerprint density at radius 3 is 1.34 bits per heavy atom. The topological polar surface area (TPSA) is 105 Å². The largest absolute Gasteiger partial charge is 0.466 e. The van der Waals surface area contributed by atoms with Crippen LogP contribution in [0.3, 0.4) is 0 Å². The van der Waals surface area contributed by atoms with Crippen LogP contribution in [0.25, 0.3) is 0 Å². The molecule has 0 aromatic heterocycles. The Hall–Kier alpha value is -2.12. The molecule has 32 heavy (non-hydrogen) atoms. The number of carbonyl (C=O) groups excluding carboxylic acids is 4. The van der Waals surface area contributed by atoms with Crippen molar-refractivity contribution < 1.29 is 38.1 Å². The maximum Gasteiger partial charge on any atom is 0.351 e. The van der Waals surface area contributed by atoms with Crippen molar-refractivity contribution in [2.45, 2.75) is 110 Å². The predicted molar refractivity (Wildman–Crippen MR) is 120 cm³/mol. The highest BCUT2D eigenvalue weighted by Crippen LogP contribution is 2.26. The minimum Gasteiger partial charge on any atom is -0.466 e. The summed E-state index contributed by atoms with van der Waals surface area (Å²) in [6.07, 6.45) is 6.28. The summed E-state index contributed by atoms with van der Waals surface area (Å²) in [7, 11) is 0. The third-order valence-electron chi connectivity index (χ3n) is 4.83. The van der Waals surface area contributed by atoms with Crippen LogP contribution in [0.4, 0.5) is 0 Å². The van der Waals surface area contributed by atoms with Crippen LogP contribution in [0, 0.1) is 0 Å². The van der Waals surface area contributed by atoms with E-state index in [1.165, 1.54) is 0 Å². The van der Waals surface area contributed by atoms with Gasteiger partial charge in [-0.05, 0) is 19.3 Å². The molecule has 0 aromatic carbocycles. The van der Waals surface area contributed by atoms with Crippen LogP contribution < -0.4 is 0 Å². The van der Waals surface area contributed by atoms with E-state index in [2.05, 4.69) is 0 Å². The van der Waals surface area contributed by atoms with Gasteiger partial charge in [-0.25, -0.2) is 4.79 Å². The van der Waals surface area contributed by atoms with E-state index in [1.807, 2.05) is 20.8 Å². The highest BCUT2D eigenvalue weighted by atomic mass is 16.6. The van der Waals surface area contributed by atoms with Crippen molar-refractivity contribution in [2.24, 2.45) is 0 Å². The number of esters is 4. The standard InChI is InChI=1S/C24H42O8/c1-5-9-12-15-29-21(26)18-24(32-20(25)8-4,23(28)31-17-14-11-7-3)19-22(27)30-16-13-10-6-2/h5-19H2,1-4H3. The highest BCUT2D eigenvalue weighted by Gasteiger charge is 2.49. The molecule has 8 heteroatoms. The first-order valence-corrected chi connectivity index (χ1v) is 12.0. The molecule has 0 heterocycles. The number of hydrogen-bond donors (Lipinski definition) is 0. The number of carbonyl (C=O) groups is 4. The molecule has 0 aliphatic carbocycles. The minimum absolute atomic E-state index is 0.0258. The van der Waals surface area contributed by atoms with Gasteiger partial charge in [-0.1, -0.05) is 66.2 Å². The molecule has 0 saturated heterocycles. The Kier molecular flexibility index (Phi) is 17.2. The van der Waals surface area contributed by atoms with Gasteiger partial charge >= 0.3 is 23.9 Å². The van der Waals surface area contributed by atoms with Crippen molar-refractivity contribution in [1.82, 2.24) is 0 Å². The van der Waals surface area contributed by atoms with Gasteiger partial charge < -0.3 is 18.9 Å². The van der Waals surface area contributed by atoms with Crippen LogP contribution in [0.2, 0.25) is 0 Å². The summed E-state index contributed by atoms with van der Waals surface area (Å²) >= 11 is 0. The lowest BCUT2D eigenvalue weighted by molar-refractivity contribution is -0.191. The number of unbranched alkanes of at least 4 members (excludes halogenated alkanes) is 6. The molecule has 0 aromatic rings. The quantitative estimate of drug-likeness (QED) is 0.156. The van der Waals surface area contributed by atoms with E-state index in [-0.39, 0.29) is 26.2 Å². The zero-order chi connectivity index (χ0) is 24.2. The molecular formula is C24H42O8. The maximum atomic E-state index is 13.0. The average Bonchev–Trinajstić information content (AvgIpc) is 2.76. The first kappa shape index (κ1) is 29.9. The smallest absolute Gasteiger partial charge is 0.351 e. The van der Waals surface area contributed by atoms with Crippen molar-refractivity contribution in [2.75, 3.05) is 19.8 Å². The molecule has 0 aliphatic heterocycles. The third kappa shape index (κ3) is 13.3. The van der Waals surface area contributed by atoms with E-state index >= 15 is 0 Å². The van der Waals surface area contributed by atoms with E-state index in [4.69, 9.17) is 18.9 Å². The van der Waals surface area contributed by atoms with E-state index in [1.54, 1.807) is 6.92 Å². The van der Waals surface area contributed by atoms with Crippen LogP contribution in [0.15, 0.2) is 0 Å². The molecule has 0 fully saturated rings. The average molecular weight is 459 g/mol. The summed E-state index contributed by atoms with van der Waals surface area (Å²) in [4.78, 5) is 50.1. The normalized spacial score (nSPS) is 11.0. The van der Waals surface area contributed by atoms with Crippen LogP contribution in [-0.4, -0.2) is 49.3 Å². The fourth-order valence-electron chi connectivity index (χ4n) is 2.90. The van der Waals surface area contributed by atoms with Gasteiger partial charge in [-0.2, -0.15) is 0 Å². The van der Waals surface area contributed by atoms with Crippen molar-refractivity contribution in [3.8, 4) is 0 Å². The predicted octanol–water partition coefficient (Wildman–Crippen LogP) is 4.66. The van der Waals surface area contributed by atoms with Crippen LogP contribution in [-0.2, 0) is 38.1 Å².